The second kappa shape index (κ2) is 10.9. The van der Waals surface area contributed by atoms with Crippen LogP contribution in [-0.4, -0.2) is 42.2 Å². The zero-order valence-electron chi connectivity index (χ0n) is 17.6. The standard InChI is InChI=1S/C23H37N3O2/c1-3-15-28-22-11-10-18(16-21(22)26-19-8-4-5-9-19)23(27)25-14-12-20-17(2)7-6-13-24-20/h6-7,13,18-19,21-22,26H,3-5,8-12,14-16H2,1-2H3,(H,25,27)/t18-,21+,22+/m0/s1. The SMILES string of the molecule is CCCO[C@@H]1CC[C@H](C(=O)NCCc2ncccc2C)C[C@H]1NC1CCCC1. The Balaban J connectivity index is 1.49. The maximum Gasteiger partial charge on any atom is 0.223 e. The van der Waals surface area contributed by atoms with Gasteiger partial charge in [-0.25, -0.2) is 0 Å². The van der Waals surface area contributed by atoms with Gasteiger partial charge in [0.1, 0.15) is 0 Å². The number of pyridine rings is 1. The summed E-state index contributed by atoms with van der Waals surface area (Å²) in [6, 6.07) is 4.93. The summed E-state index contributed by atoms with van der Waals surface area (Å²) >= 11 is 0. The lowest BCUT2D eigenvalue weighted by atomic mass is 9.82. The lowest BCUT2D eigenvalue weighted by molar-refractivity contribution is -0.127. The zero-order chi connectivity index (χ0) is 19.8. The van der Waals surface area contributed by atoms with Gasteiger partial charge in [-0.15, -0.1) is 0 Å². The van der Waals surface area contributed by atoms with Crippen LogP contribution in [0.3, 0.4) is 0 Å². The molecule has 1 aromatic heterocycles. The van der Waals surface area contributed by atoms with E-state index in [1.807, 2.05) is 12.3 Å². The smallest absolute Gasteiger partial charge is 0.223 e. The lowest BCUT2D eigenvalue weighted by Gasteiger charge is -2.37. The minimum Gasteiger partial charge on any atom is -0.377 e. The summed E-state index contributed by atoms with van der Waals surface area (Å²) in [4.78, 5) is 17.2. The molecule has 156 valence electrons. The van der Waals surface area contributed by atoms with Crippen molar-refractivity contribution in [1.82, 2.24) is 15.6 Å². The zero-order valence-corrected chi connectivity index (χ0v) is 17.6. The van der Waals surface area contributed by atoms with Crippen molar-refractivity contribution in [2.24, 2.45) is 5.92 Å². The van der Waals surface area contributed by atoms with E-state index in [1.165, 1.54) is 31.2 Å². The Morgan fingerprint density at radius 1 is 1.25 bits per heavy atom. The first kappa shape index (κ1) is 21.3. The van der Waals surface area contributed by atoms with Crippen molar-refractivity contribution in [3.8, 4) is 0 Å². The molecule has 0 spiro atoms. The molecule has 1 aromatic rings. The number of nitrogens with one attached hydrogen (secondary N) is 2. The molecular formula is C23H37N3O2. The van der Waals surface area contributed by atoms with Crippen LogP contribution >= 0.6 is 0 Å². The maximum atomic E-state index is 12.8. The normalized spacial score (nSPS) is 25.7. The number of ether oxygens (including phenoxy) is 1. The number of amides is 1. The van der Waals surface area contributed by atoms with Gasteiger partial charge in [0.2, 0.25) is 5.91 Å². The summed E-state index contributed by atoms with van der Waals surface area (Å²) in [5.41, 5.74) is 2.26. The summed E-state index contributed by atoms with van der Waals surface area (Å²) in [7, 11) is 0. The van der Waals surface area contributed by atoms with Crippen LogP contribution in [0.2, 0.25) is 0 Å². The van der Waals surface area contributed by atoms with Gasteiger partial charge in [0.05, 0.1) is 6.10 Å². The van der Waals surface area contributed by atoms with Crippen molar-refractivity contribution in [2.45, 2.75) is 89.8 Å². The van der Waals surface area contributed by atoms with E-state index in [1.54, 1.807) is 0 Å². The molecule has 0 radical (unpaired) electrons. The molecule has 0 aromatic carbocycles. The second-order valence-electron chi connectivity index (χ2n) is 8.48. The Morgan fingerprint density at radius 3 is 2.82 bits per heavy atom. The maximum absolute atomic E-state index is 12.8. The van der Waals surface area contributed by atoms with Gasteiger partial charge < -0.3 is 15.4 Å². The van der Waals surface area contributed by atoms with Gasteiger partial charge in [-0.05, 0) is 57.1 Å². The van der Waals surface area contributed by atoms with Gasteiger partial charge in [-0.2, -0.15) is 0 Å². The van der Waals surface area contributed by atoms with E-state index in [-0.39, 0.29) is 17.9 Å². The van der Waals surface area contributed by atoms with Crippen molar-refractivity contribution in [3.63, 3.8) is 0 Å². The van der Waals surface area contributed by atoms with Gasteiger partial charge in [0.15, 0.2) is 0 Å². The average Bonchev–Trinajstić information content (AvgIpc) is 3.21. The minimum absolute atomic E-state index is 0.0882. The highest BCUT2D eigenvalue weighted by Crippen LogP contribution is 2.29. The summed E-state index contributed by atoms with van der Waals surface area (Å²) in [6.07, 6.45) is 11.9. The molecule has 2 aliphatic rings. The number of rotatable bonds is 9. The quantitative estimate of drug-likeness (QED) is 0.680. The van der Waals surface area contributed by atoms with E-state index in [0.717, 1.165) is 44.4 Å². The highest BCUT2D eigenvalue weighted by atomic mass is 16.5. The molecule has 5 heteroatoms. The van der Waals surface area contributed by atoms with Crippen molar-refractivity contribution in [2.75, 3.05) is 13.2 Å². The van der Waals surface area contributed by atoms with Crippen LogP contribution in [0.5, 0.6) is 0 Å². The van der Waals surface area contributed by atoms with Gasteiger partial charge in [-0.1, -0.05) is 25.8 Å². The number of carbonyl (C=O) groups excluding carboxylic acids is 1. The van der Waals surface area contributed by atoms with Gasteiger partial charge in [0.25, 0.3) is 0 Å². The molecule has 2 aliphatic carbocycles. The Bertz CT molecular complexity index is 616. The average molecular weight is 388 g/mol. The van der Waals surface area contributed by atoms with Crippen LogP contribution in [0, 0.1) is 12.8 Å². The summed E-state index contributed by atoms with van der Waals surface area (Å²) in [6.45, 7) is 5.69. The first-order valence-electron chi connectivity index (χ1n) is 11.2. The molecule has 3 atom stereocenters. The molecule has 3 rings (SSSR count). The summed E-state index contributed by atoms with van der Waals surface area (Å²) in [5.74, 6) is 0.283. The largest absolute Gasteiger partial charge is 0.377 e. The van der Waals surface area contributed by atoms with E-state index in [9.17, 15) is 4.79 Å². The van der Waals surface area contributed by atoms with Crippen LogP contribution < -0.4 is 10.6 Å². The molecule has 0 unspecified atom stereocenters. The van der Waals surface area contributed by atoms with Gasteiger partial charge in [0, 0.05) is 49.5 Å². The third-order valence-corrected chi connectivity index (χ3v) is 6.28. The van der Waals surface area contributed by atoms with E-state index in [0.29, 0.717) is 18.6 Å². The van der Waals surface area contributed by atoms with E-state index in [4.69, 9.17) is 4.74 Å². The number of nitrogens with zero attached hydrogens (tertiary/aromatic N) is 1. The Kier molecular flexibility index (Phi) is 8.28. The van der Waals surface area contributed by atoms with Gasteiger partial charge >= 0.3 is 0 Å². The first-order chi connectivity index (χ1) is 13.7. The van der Waals surface area contributed by atoms with Crippen molar-refractivity contribution < 1.29 is 9.53 Å². The van der Waals surface area contributed by atoms with Crippen LogP contribution in [0.1, 0.15) is 69.5 Å². The van der Waals surface area contributed by atoms with Crippen LogP contribution in [0.15, 0.2) is 18.3 Å². The molecule has 5 nitrogen and oxygen atoms in total. The number of carbonyl (C=O) groups is 1. The molecule has 28 heavy (non-hydrogen) atoms. The second-order valence-corrected chi connectivity index (χ2v) is 8.48. The van der Waals surface area contributed by atoms with E-state index in [2.05, 4.69) is 35.5 Å². The van der Waals surface area contributed by atoms with Crippen molar-refractivity contribution in [1.29, 1.82) is 0 Å². The van der Waals surface area contributed by atoms with Gasteiger partial charge in [-0.3, -0.25) is 9.78 Å². The van der Waals surface area contributed by atoms with Crippen LogP contribution in [0.25, 0.3) is 0 Å². The fourth-order valence-electron chi connectivity index (χ4n) is 4.65. The topological polar surface area (TPSA) is 63.2 Å². The predicted octanol–water partition coefficient (Wildman–Crippen LogP) is 3.54. The molecule has 1 heterocycles. The number of hydrogen-bond acceptors (Lipinski definition) is 4. The van der Waals surface area contributed by atoms with Crippen LogP contribution in [-0.2, 0) is 16.0 Å². The molecule has 1 amide bonds. The molecule has 2 saturated carbocycles. The highest BCUT2D eigenvalue weighted by Gasteiger charge is 2.35. The Hall–Kier alpha value is -1.46. The molecule has 2 fully saturated rings. The summed E-state index contributed by atoms with van der Waals surface area (Å²) in [5, 5.41) is 6.99. The van der Waals surface area contributed by atoms with Crippen molar-refractivity contribution in [3.05, 3.63) is 29.6 Å². The molecule has 0 aliphatic heterocycles. The monoisotopic (exact) mass is 387 g/mol. The summed E-state index contributed by atoms with van der Waals surface area (Å²) < 4.78 is 6.13. The number of aryl methyl sites for hydroxylation is 1. The fourth-order valence-corrected chi connectivity index (χ4v) is 4.65. The third kappa shape index (κ3) is 6.02. The first-order valence-corrected chi connectivity index (χ1v) is 11.2. The Morgan fingerprint density at radius 2 is 2.07 bits per heavy atom. The van der Waals surface area contributed by atoms with E-state index < -0.39 is 0 Å². The molecular weight excluding hydrogens is 350 g/mol. The predicted molar refractivity (Wildman–Crippen MR) is 112 cm³/mol. The lowest BCUT2D eigenvalue weighted by Crippen LogP contribution is -2.51. The molecule has 0 bridgehead atoms. The highest BCUT2D eigenvalue weighted by molar-refractivity contribution is 5.78. The van der Waals surface area contributed by atoms with E-state index >= 15 is 0 Å². The fraction of sp³-hybridized carbons (Fsp3) is 0.739. The Labute approximate surface area is 170 Å². The molecule has 0 saturated heterocycles. The van der Waals surface area contributed by atoms with Crippen LogP contribution in [0.4, 0.5) is 0 Å². The number of aromatic nitrogens is 1. The minimum atomic E-state index is 0.0882. The number of hydrogen-bond donors (Lipinski definition) is 2. The molecule has 2 N–H and O–H groups in total. The van der Waals surface area contributed by atoms with Crippen molar-refractivity contribution >= 4 is 5.91 Å². The third-order valence-electron chi connectivity index (χ3n) is 6.28.